The van der Waals surface area contributed by atoms with Gasteiger partial charge in [-0.3, -0.25) is 4.79 Å². The van der Waals surface area contributed by atoms with Gasteiger partial charge in [0.05, 0.1) is 0 Å². The maximum absolute atomic E-state index is 10.9. The van der Waals surface area contributed by atoms with Crippen molar-refractivity contribution >= 4 is 5.78 Å². The molecule has 0 unspecified atom stereocenters. The highest BCUT2D eigenvalue weighted by atomic mass is 16.7. The third kappa shape index (κ3) is 6.90. The Morgan fingerprint density at radius 1 is 1.44 bits per heavy atom. The third-order valence-electron chi connectivity index (χ3n) is 2.20. The average Bonchev–Trinajstić information content (AvgIpc) is 2.22. The lowest BCUT2D eigenvalue weighted by molar-refractivity contribution is -0.182. The second-order valence-corrected chi connectivity index (χ2v) is 4.10. The zero-order valence-electron chi connectivity index (χ0n) is 10.6. The summed E-state index contributed by atoms with van der Waals surface area (Å²) in [6, 6.07) is 0. The number of methoxy groups -OCH3 is 2. The Bertz CT molecular complexity index is 209. The second-order valence-electron chi connectivity index (χ2n) is 4.10. The Labute approximate surface area is 96.7 Å². The standard InChI is InChI=1S/C7H12O3.C4H10O2/c1-5-6(8)3-4-7(9-2)10-5;1-4(2,5)6-3/h5,7H,3-4H2,1-2H3;5H,1-3H3/t5-,7+;/m0./s1. The number of rotatable bonds is 2. The molecule has 5 heteroatoms. The molecule has 1 aliphatic rings. The first-order chi connectivity index (χ1) is 7.30. The van der Waals surface area contributed by atoms with E-state index in [0.717, 1.165) is 0 Å². The van der Waals surface area contributed by atoms with Crippen molar-refractivity contribution in [3.05, 3.63) is 0 Å². The molecule has 0 radical (unpaired) electrons. The van der Waals surface area contributed by atoms with Gasteiger partial charge in [-0.2, -0.15) is 0 Å². The van der Waals surface area contributed by atoms with Crippen LogP contribution in [0.3, 0.4) is 0 Å². The first-order valence-corrected chi connectivity index (χ1v) is 5.28. The predicted molar refractivity (Wildman–Crippen MR) is 58.9 cm³/mol. The van der Waals surface area contributed by atoms with Crippen LogP contribution in [0, 0.1) is 0 Å². The van der Waals surface area contributed by atoms with Gasteiger partial charge in [0.15, 0.2) is 17.9 Å². The van der Waals surface area contributed by atoms with Crippen molar-refractivity contribution in [3.63, 3.8) is 0 Å². The Kier molecular flexibility index (Phi) is 6.74. The fraction of sp³-hybridized carbons (Fsp3) is 0.909. The SMILES string of the molecule is COC(C)(C)O.CO[C@H]1CCC(=O)[C@H](C)O1. The Morgan fingerprint density at radius 3 is 2.25 bits per heavy atom. The summed E-state index contributed by atoms with van der Waals surface area (Å²) in [6.07, 6.45) is 0.825. The van der Waals surface area contributed by atoms with Crippen LogP contribution in [0.25, 0.3) is 0 Å². The number of ketones is 1. The van der Waals surface area contributed by atoms with Crippen LogP contribution in [-0.4, -0.2) is 43.3 Å². The third-order valence-corrected chi connectivity index (χ3v) is 2.20. The molecule has 96 valence electrons. The number of hydrogen-bond acceptors (Lipinski definition) is 5. The molecule has 0 bridgehead atoms. The highest BCUT2D eigenvalue weighted by molar-refractivity contribution is 5.83. The summed E-state index contributed by atoms with van der Waals surface area (Å²) in [4.78, 5) is 10.9. The minimum atomic E-state index is -0.958. The summed E-state index contributed by atoms with van der Waals surface area (Å²) in [5.41, 5.74) is 0. The van der Waals surface area contributed by atoms with Gasteiger partial charge in [0.1, 0.15) is 6.10 Å². The Morgan fingerprint density at radius 2 is 1.94 bits per heavy atom. The maximum Gasteiger partial charge on any atom is 0.161 e. The molecule has 0 aliphatic carbocycles. The first kappa shape index (κ1) is 15.5. The van der Waals surface area contributed by atoms with Crippen LogP contribution in [0.4, 0.5) is 0 Å². The number of Topliss-reactive ketones (excluding diaryl/α,β-unsaturated/α-hetero) is 1. The van der Waals surface area contributed by atoms with E-state index in [1.54, 1.807) is 27.9 Å². The van der Waals surface area contributed by atoms with Crippen LogP contribution in [0.15, 0.2) is 0 Å². The number of carbonyl (C=O) groups excluding carboxylic acids is 1. The summed E-state index contributed by atoms with van der Waals surface area (Å²) in [5, 5.41) is 8.60. The van der Waals surface area contributed by atoms with E-state index in [1.165, 1.54) is 7.11 Å². The first-order valence-electron chi connectivity index (χ1n) is 5.28. The molecule has 0 saturated carbocycles. The van der Waals surface area contributed by atoms with Crippen molar-refractivity contribution in [1.82, 2.24) is 0 Å². The van der Waals surface area contributed by atoms with Crippen LogP contribution >= 0.6 is 0 Å². The Hall–Kier alpha value is -0.490. The number of aliphatic hydroxyl groups is 1. The average molecular weight is 234 g/mol. The zero-order chi connectivity index (χ0) is 12.8. The molecule has 1 aliphatic heterocycles. The molecular weight excluding hydrogens is 212 g/mol. The number of ether oxygens (including phenoxy) is 3. The monoisotopic (exact) mass is 234 g/mol. The van der Waals surface area contributed by atoms with Crippen LogP contribution in [0.5, 0.6) is 0 Å². The smallest absolute Gasteiger partial charge is 0.161 e. The lowest BCUT2D eigenvalue weighted by Crippen LogP contribution is -2.34. The minimum Gasteiger partial charge on any atom is -0.366 e. The Balaban J connectivity index is 0.000000325. The molecule has 16 heavy (non-hydrogen) atoms. The topological polar surface area (TPSA) is 65.0 Å². The van der Waals surface area contributed by atoms with Crippen LogP contribution in [-0.2, 0) is 19.0 Å². The molecule has 2 atom stereocenters. The van der Waals surface area contributed by atoms with Crippen molar-refractivity contribution in [2.75, 3.05) is 14.2 Å². The van der Waals surface area contributed by atoms with E-state index >= 15 is 0 Å². The van der Waals surface area contributed by atoms with Gasteiger partial charge in [-0.05, 0) is 20.8 Å². The molecule has 0 aromatic rings. The largest absolute Gasteiger partial charge is 0.366 e. The van der Waals surface area contributed by atoms with Crippen molar-refractivity contribution in [2.45, 2.75) is 51.8 Å². The minimum absolute atomic E-state index is 0.173. The number of carbonyl (C=O) groups is 1. The summed E-state index contributed by atoms with van der Waals surface area (Å²) >= 11 is 0. The van der Waals surface area contributed by atoms with Gasteiger partial charge in [0, 0.05) is 27.1 Å². The lowest BCUT2D eigenvalue weighted by atomic mass is 10.1. The van der Waals surface area contributed by atoms with Crippen molar-refractivity contribution in [2.24, 2.45) is 0 Å². The van der Waals surface area contributed by atoms with E-state index in [4.69, 9.17) is 14.6 Å². The van der Waals surface area contributed by atoms with E-state index in [-0.39, 0.29) is 18.2 Å². The summed E-state index contributed by atoms with van der Waals surface area (Å²) < 4.78 is 14.6. The molecule has 1 heterocycles. The van der Waals surface area contributed by atoms with Crippen LogP contribution in [0.2, 0.25) is 0 Å². The summed E-state index contributed by atoms with van der Waals surface area (Å²) in [7, 11) is 3.05. The molecule has 0 spiro atoms. The molecule has 0 aromatic heterocycles. The quantitative estimate of drug-likeness (QED) is 0.724. The molecule has 5 nitrogen and oxygen atoms in total. The zero-order valence-corrected chi connectivity index (χ0v) is 10.6. The van der Waals surface area contributed by atoms with Crippen LogP contribution < -0.4 is 0 Å². The summed E-state index contributed by atoms with van der Waals surface area (Å²) in [5.74, 6) is -0.784. The second kappa shape index (κ2) is 6.96. The van der Waals surface area contributed by atoms with Gasteiger partial charge >= 0.3 is 0 Å². The highest BCUT2D eigenvalue weighted by Crippen LogP contribution is 2.15. The van der Waals surface area contributed by atoms with Gasteiger partial charge in [-0.1, -0.05) is 0 Å². The lowest BCUT2D eigenvalue weighted by Gasteiger charge is -2.25. The fourth-order valence-electron chi connectivity index (χ4n) is 1.01. The van der Waals surface area contributed by atoms with Gasteiger partial charge in [0.25, 0.3) is 0 Å². The van der Waals surface area contributed by atoms with E-state index < -0.39 is 5.79 Å². The predicted octanol–water partition coefficient (Wildman–Crippen LogP) is 1.09. The normalized spacial score (nSPS) is 26.0. The van der Waals surface area contributed by atoms with E-state index in [2.05, 4.69) is 4.74 Å². The molecule has 0 aromatic carbocycles. The van der Waals surface area contributed by atoms with Crippen molar-refractivity contribution in [3.8, 4) is 0 Å². The highest BCUT2D eigenvalue weighted by Gasteiger charge is 2.25. The molecule has 1 rings (SSSR count). The van der Waals surface area contributed by atoms with Gasteiger partial charge in [-0.15, -0.1) is 0 Å². The van der Waals surface area contributed by atoms with Crippen LogP contribution in [0.1, 0.15) is 33.6 Å². The van der Waals surface area contributed by atoms with Gasteiger partial charge in [-0.25, -0.2) is 0 Å². The van der Waals surface area contributed by atoms with E-state index in [0.29, 0.717) is 12.8 Å². The molecular formula is C11H22O5. The van der Waals surface area contributed by atoms with E-state index in [9.17, 15) is 4.79 Å². The number of hydrogen-bond donors (Lipinski definition) is 1. The maximum atomic E-state index is 10.9. The molecule has 1 fully saturated rings. The molecule has 1 N–H and O–H groups in total. The van der Waals surface area contributed by atoms with Crippen molar-refractivity contribution < 1.29 is 24.1 Å². The molecule has 0 amide bonds. The molecule has 1 saturated heterocycles. The van der Waals surface area contributed by atoms with Gasteiger partial charge in [0.2, 0.25) is 0 Å². The fourth-order valence-corrected chi connectivity index (χ4v) is 1.01. The van der Waals surface area contributed by atoms with E-state index in [1.807, 2.05) is 0 Å². The van der Waals surface area contributed by atoms with Gasteiger partial charge < -0.3 is 19.3 Å². The summed E-state index contributed by atoms with van der Waals surface area (Å²) in [6.45, 7) is 4.91. The van der Waals surface area contributed by atoms with Crippen molar-refractivity contribution in [1.29, 1.82) is 0 Å².